The first kappa shape index (κ1) is 8.66. The molecule has 0 bridgehead atoms. The van der Waals surface area contributed by atoms with Crippen molar-refractivity contribution in [3.63, 3.8) is 0 Å². The molecular weight excluding hydrogens is 178 g/mol. The Morgan fingerprint density at radius 3 is 3.09 bits per heavy atom. The minimum atomic E-state index is -0.306. The standard InChI is InChI=1S/C8H8ClNS/c1-8(9)4-2-3-7(5-8)10-6-11/h2-4H,5H2,1H3. The molecule has 1 unspecified atom stereocenters. The van der Waals surface area contributed by atoms with Crippen molar-refractivity contribution in [3.8, 4) is 0 Å². The molecular formula is C8H8ClNS. The molecule has 11 heavy (non-hydrogen) atoms. The van der Waals surface area contributed by atoms with Gasteiger partial charge in [-0.3, -0.25) is 0 Å². The maximum Gasteiger partial charge on any atom is 0.0656 e. The number of allylic oxidation sites excluding steroid dienone is 4. The van der Waals surface area contributed by atoms with Crippen molar-refractivity contribution in [2.75, 3.05) is 0 Å². The highest BCUT2D eigenvalue weighted by molar-refractivity contribution is 7.78. The van der Waals surface area contributed by atoms with Gasteiger partial charge in [0.15, 0.2) is 0 Å². The second-order valence-electron chi connectivity index (χ2n) is 2.68. The van der Waals surface area contributed by atoms with E-state index in [0.717, 1.165) is 5.70 Å². The first-order valence-corrected chi connectivity index (χ1v) is 4.08. The zero-order chi connectivity index (χ0) is 8.32. The Morgan fingerprint density at radius 2 is 2.55 bits per heavy atom. The number of aliphatic imine (C=N–C) groups is 1. The van der Waals surface area contributed by atoms with Gasteiger partial charge in [0, 0.05) is 6.42 Å². The fourth-order valence-corrected chi connectivity index (χ4v) is 1.29. The zero-order valence-electron chi connectivity index (χ0n) is 6.17. The number of hydrogen-bond acceptors (Lipinski definition) is 2. The molecule has 0 fully saturated rings. The largest absolute Gasteiger partial charge is 0.199 e. The normalized spacial score (nSPS) is 29.1. The third-order valence-corrected chi connectivity index (χ3v) is 1.80. The van der Waals surface area contributed by atoms with Crippen LogP contribution >= 0.6 is 23.8 Å². The van der Waals surface area contributed by atoms with Gasteiger partial charge in [0.05, 0.1) is 15.7 Å². The van der Waals surface area contributed by atoms with Gasteiger partial charge >= 0.3 is 0 Å². The Kier molecular flexibility index (Phi) is 2.61. The van der Waals surface area contributed by atoms with Crippen molar-refractivity contribution < 1.29 is 0 Å². The Bertz CT molecular complexity index is 259. The number of isothiocyanates is 1. The summed E-state index contributed by atoms with van der Waals surface area (Å²) in [5.74, 6) is 0. The second kappa shape index (κ2) is 3.31. The minimum Gasteiger partial charge on any atom is -0.199 e. The van der Waals surface area contributed by atoms with E-state index in [2.05, 4.69) is 22.4 Å². The SMILES string of the molecule is CC1(Cl)C=CC=C(N=C=S)C1. The van der Waals surface area contributed by atoms with Crippen LogP contribution in [0.2, 0.25) is 0 Å². The summed E-state index contributed by atoms with van der Waals surface area (Å²) >= 11 is 10.5. The van der Waals surface area contributed by atoms with Crippen molar-refractivity contribution in [3.05, 3.63) is 23.9 Å². The molecule has 3 heteroatoms. The van der Waals surface area contributed by atoms with E-state index in [4.69, 9.17) is 11.6 Å². The summed E-state index contributed by atoms with van der Waals surface area (Å²) in [6.45, 7) is 1.94. The minimum absolute atomic E-state index is 0.306. The number of halogens is 1. The van der Waals surface area contributed by atoms with E-state index in [-0.39, 0.29) is 4.87 Å². The third kappa shape index (κ3) is 2.58. The number of nitrogens with zero attached hydrogens (tertiary/aromatic N) is 1. The van der Waals surface area contributed by atoms with Crippen LogP contribution in [0.15, 0.2) is 28.9 Å². The van der Waals surface area contributed by atoms with E-state index in [1.807, 2.05) is 25.2 Å². The number of alkyl halides is 1. The Hall–Kier alpha value is -0.430. The van der Waals surface area contributed by atoms with Crippen LogP contribution in [0.3, 0.4) is 0 Å². The lowest BCUT2D eigenvalue weighted by atomic mass is 10.00. The van der Waals surface area contributed by atoms with Crippen molar-refractivity contribution >= 4 is 29.0 Å². The summed E-state index contributed by atoms with van der Waals surface area (Å²) in [6.07, 6.45) is 6.44. The summed E-state index contributed by atoms with van der Waals surface area (Å²) in [5.41, 5.74) is 0.889. The average molecular weight is 186 g/mol. The van der Waals surface area contributed by atoms with Crippen LogP contribution in [-0.2, 0) is 0 Å². The highest BCUT2D eigenvalue weighted by atomic mass is 35.5. The van der Waals surface area contributed by atoms with Gasteiger partial charge in [0.25, 0.3) is 0 Å². The monoisotopic (exact) mass is 185 g/mol. The van der Waals surface area contributed by atoms with Crippen molar-refractivity contribution in [2.24, 2.45) is 4.99 Å². The van der Waals surface area contributed by atoms with Crippen LogP contribution in [0.1, 0.15) is 13.3 Å². The Balaban J connectivity index is 2.80. The Labute approximate surface area is 76.5 Å². The number of thiocarbonyl (C=S) groups is 1. The van der Waals surface area contributed by atoms with Crippen LogP contribution in [0.4, 0.5) is 0 Å². The molecule has 0 aliphatic heterocycles. The fraction of sp³-hybridized carbons (Fsp3) is 0.375. The highest BCUT2D eigenvalue weighted by Gasteiger charge is 2.20. The van der Waals surface area contributed by atoms with E-state index in [9.17, 15) is 0 Å². The number of hydrogen-bond donors (Lipinski definition) is 0. The van der Waals surface area contributed by atoms with Gasteiger partial charge < -0.3 is 0 Å². The molecule has 0 amide bonds. The van der Waals surface area contributed by atoms with E-state index < -0.39 is 0 Å². The highest BCUT2D eigenvalue weighted by Crippen LogP contribution is 2.28. The van der Waals surface area contributed by atoms with Gasteiger partial charge in [0.2, 0.25) is 0 Å². The molecule has 1 aliphatic carbocycles. The molecule has 0 aromatic rings. The molecule has 0 radical (unpaired) electrons. The predicted molar refractivity (Wildman–Crippen MR) is 51.1 cm³/mol. The van der Waals surface area contributed by atoms with E-state index >= 15 is 0 Å². The lowest BCUT2D eigenvalue weighted by molar-refractivity contribution is 0.745. The van der Waals surface area contributed by atoms with Gasteiger partial charge in [-0.15, -0.1) is 11.6 Å². The van der Waals surface area contributed by atoms with Crippen LogP contribution in [0.5, 0.6) is 0 Å². The molecule has 1 nitrogen and oxygen atoms in total. The third-order valence-electron chi connectivity index (χ3n) is 1.45. The van der Waals surface area contributed by atoms with Crippen LogP contribution in [0, 0.1) is 0 Å². The molecule has 0 saturated heterocycles. The van der Waals surface area contributed by atoms with Crippen molar-refractivity contribution in [1.29, 1.82) is 0 Å². The lowest BCUT2D eigenvalue weighted by Gasteiger charge is -2.19. The topological polar surface area (TPSA) is 12.4 Å². The van der Waals surface area contributed by atoms with E-state index in [1.54, 1.807) is 0 Å². The maximum atomic E-state index is 6.05. The predicted octanol–water partition coefficient (Wildman–Crippen LogP) is 2.93. The van der Waals surface area contributed by atoms with Crippen molar-refractivity contribution in [2.45, 2.75) is 18.2 Å². The smallest absolute Gasteiger partial charge is 0.0656 e. The maximum absolute atomic E-state index is 6.05. The van der Waals surface area contributed by atoms with Gasteiger partial charge in [-0.2, -0.15) is 4.99 Å². The fourth-order valence-electron chi connectivity index (χ4n) is 0.967. The summed E-state index contributed by atoms with van der Waals surface area (Å²) in [6, 6.07) is 0. The second-order valence-corrected chi connectivity index (χ2v) is 3.72. The van der Waals surface area contributed by atoms with E-state index in [1.165, 1.54) is 0 Å². The summed E-state index contributed by atoms with van der Waals surface area (Å²) in [5, 5.41) is 2.32. The molecule has 0 N–H and O–H groups in total. The van der Waals surface area contributed by atoms with Crippen LogP contribution in [-0.4, -0.2) is 10.0 Å². The Morgan fingerprint density at radius 1 is 1.82 bits per heavy atom. The molecule has 0 aromatic heterocycles. The zero-order valence-corrected chi connectivity index (χ0v) is 7.75. The molecule has 1 rings (SSSR count). The number of rotatable bonds is 1. The molecule has 0 spiro atoms. The molecule has 0 saturated carbocycles. The summed E-state index contributed by atoms with van der Waals surface area (Å²) in [7, 11) is 0. The molecule has 1 aliphatic rings. The summed E-state index contributed by atoms with van der Waals surface area (Å²) in [4.78, 5) is 3.56. The molecule has 1 atom stereocenters. The average Bonchev–Trinajstić information content (AvgIpc) is 1.85. The lowest BCUT2D eigenvalue weighted by Crippen LogP contribution is -2.14. The van der Waals surface area contributed by atoms with Crippen molar-refractivity contribution in [1.82, 2.24) is 0 Å². The summed E-state index contributed by atoms with van der Waals surface area (Å²) < 4.78 is 0. The van der Waals surface area contributed by atoms with Crippen LogP contribution < -0.4 is 0 Å². The van der Waals surface area contributed by atoms with Gasteiger partial charge in [-0.1, -0.05) is 12.2 Å². The first-order valence-electron chi connectivity index (χ1n) is 3.29. The van der Waals surface area contributed by atoms with Gasteiger partial charge in [-0.25, -0.2) is 0 Å². The first-order chi connectivity index (χ1) is 5.14. The van der Waals surface area contributed by atoms with Gasteiger partial charge in [0.1, 0.15) is 0 Å². The molecule has 0 aromatic carbocycles. The molecule has 0 heterocycles. The van der Waals surface area contributed by atoms with Gasteiger partial charge in [-0.05, 0) is 25.2 Å². The van der Waals surface area contributed by atoms with E-state index in [0.29, 0.717) is 6.42 Å². The molecule has 58 valence electrons. The quantitative estimate of drug-likeness (QED) is 0.348. The van der Waals surface area contributed by atoms with Crippen LogP contribution in [0.25, 0.3) is 0 Å².